The smallest absolute Gasteiger partial charge is 0.246 e. The average molecular weight is 591 g/mol. The third-order valence-electron chi connectivity index (χ3n) is 9.23. The van der Waals surface area contributed by atoms with Crippen molar-refractivity contribution in [3.63, 3.8) is 0 Å². The summed E-state index contributed by atoms with van der Waals surface area (Å²) >= 11 is 1.59. The number of aromatic nitrogens is 2. The van der Waals surface area contributed by atoms with E-state index in [0.29, 0.717) is 30.9 Å². The van der Waals surface area contributed by atoms with Gasteiger partial charge in [-0.2, -0.15) is 0 Å². The Labute approximate surface area is 252 Å². The van der Waals surface area contributed by atoms with Crippen LogP contribution in [0, 0.1) is 5.41 Å². The molecule has 2 aromatic heterocycles. The first-order chi connectivity index (χ1) is 20.2. The number of ether oxygens (including phenoxy) is 2. The van der Waals surface area contributed by atoms with E-state index in [1.807, 2.05) is 36.7 Å². The first-order valence-corrected chi connectivity index (χ1v) is 16.1. The lowest BCUT2D eigenvalue weighted by Gasteiger charge is -2.47. The standard InChI is InChI=1S/C33H42N4O4S/c1-4-40-20-29(39)37-26(14-21-7-5-8-22(13-21)31-34-11-12-42-31)28(38)19-35-27-17-33(9-6-10-33)41-30-24(27)15-23(18-36-30)25-16-32(25,2)3/h5,7-8,11-13,15,18,25-28,35,38H,4,6,9-10,14,16-17,19-20H2,1-3H3,(H,37,39)/t25?,26?,27-,28+/m0/s1. The van der Waals surface area contributed by atoms with Crippen molar-refractivity contribution in [3.05, 3.63) is 64.8 Å². The van der Waals surface area contributed by atoms with Gasteiger partial charge in [-0.15, -0.1) is 11.3 Å². The SMILES string of the molecule is CCOCC(=O)NC(Cc1cccc(-c2nccs2)c1)[C@H](O)CN[C@H]1CC2(CCC2)Oc2ncc(C3CC3(C)C)cc21. The second-order valence-electron chi connectivity index (χ2n) is 12.8. The lowest BCUT2D eigenvalue weighted by molar-refractivity contribution is -0.127. The predicted octanol–water partition coefficient (Wildman–Crippen LogP) is 5.18. The van der Waals surface area contributed by atoms with Gasteiger partial charge in [-0.25, -0.2) is 9.97 Å². The van der Waals surface area contributed by atoms with Crippen LogP contribution in [-0.2, 0) is 16.0 Å². The number of carbonyl (C=O) groups is 1. The number of nitrogens with zero attached hydrogens (tertiary/aromatic N) is 2. The molecule has 42 heavy (non-hydrogen) atoms. The van der Waals surface area contributed by atoms with Crippen LogP contribution in [-0.4, -0.2) is 58.5 Å². The fourth-order valence-corrected chi connectivity index (χ4v) is 7.05. The maximum atomic E-state index is 12.7. The summed E-state index contributed by atoms with van der Waals surface area (Å²) in [6.45, 7) is 7.21. The van der Waals surface area contributed by atoms with Crippen molar-refractivity contribution >= 4 is 17.2 Å². The van der Waals surface area contributed by atoms with Gasteiger partial charge in [0.1, 0.15) is 17.2 Å². The minimum absolute atomic E-state index is 0.0195. The van der Waals surface area contributed by atoms with Gasteiger partial charge in [-0.1, -0.05) is 32.0 Å². The summed E-state index contributed by atoms with van der Waals surface area (Å²) in [4.78, 5) is 21.9. The maximum Gasteiger partial charge on any atom is 0.246 e. The first-order valence-electron chi connectivity index (χ1n) is 15.2. The number of hydrogen-bond donors (Lipinski definition) is 3. The number of amides is 1. The Hall–Kier alpha value is -2.85. The summed E-state index contributed by atoms with van der Waals surface area (Å²) in [5, 5.41) is 21.1. The molecule has 9 heteroatoms. The molecule has 1 spiro atoms. The van der Waals surface area contributed by atoms with E-state index in [1.54, 1.807) is 17.5 Å². The van der Waals surface area contributed by atoms with Crippen LogP contribution in [0.5, 0.6) is 5.88 Å². The molecular formula is C33H42N4O4S. The van der Waals surface area contributed by atoms with Gasteiger partial charge >= 0.3 is 0 Å². The number of thiazole rings is 1. The molecule has 1 aliphatic heterocycles. The molecule has 3 N–H and O–H groups in total. The summed E-state index contributed by atoms with van der Waals surface area (Å²) in [7, 11) is 0. The second-order valence-corrected chi connectivity index (χ2v) is 13.7. The lowest BCUT2D eigenvalue weighted by atomic mass is 9.73. The van der Waals surface area contributed by atoms with E-state index >= 15 is 0 Å². The van der Waals surface area contributed by atoms with Crippen LogP contribution >= 0.6 is 11.3 Å². The molecule has 0 bridgehead atoms. The van der Waals surface area contributed by atoms with E-state index in [0.717, 1.165) is 53.3 Å². The number of hydrogen-bond acceptors (Lipinski definition) is 8. The Bertz CT molecular complexity index is 1390. The highest BCUT2D eigenvalue weighted by Gasteiger charge is 2.49. The van der Waals surface area contributed by atoms with Crippen LogP contribution < -0.4 is 15.4 Å². The van der Waals surface area contributed by atoms with Gasteiger partial charge in [0.2, 0.25) is 11.8 Å². The molecule has 6 rings (SSSR count). The molecule has 2 saturated carbocycles. The fourth-order valence-electron chi connectivity index (χ4n) is 6.42. The molecule has 2 fully saturated rings. The average Bonchev–Trinajstić information content (AvgIpc) is 3.32. The number of aliphatic hydroxyl groups is 1. The number of benzene rings is 1. The Balaban J connectivity index is 1.19. The van der Waals surface area contributed by atoms with Crippen LogP contribution in [0.4, 0.5) is 0 Å². The van der Waals surface area contributed by atoms with Crippen LogP contribution in [0.25, 0.3) is 10.6 Å². The number of rotatable bonds is 12. The van der Waals surface area contributed by atoms with E-state index in [1.165, 1.54) is 12.0 Å². The lowest BCUT2D eigenvalue weighted by Crippen LogP contribution is -2.52. The van der Waals surface area contributed by atoms with E-state index < -0.39 is 12.1 Å². The second kappa shape index (κ2) is 12.0. The molecule has 3 aromatic rings. The van der Waals surface area contributed by atoms with Crippen LogP contribution in [0.1, 0.15) is 81.5 Å². The topological polar surface area (TPSA) is 106 Å². The zero-order valence-corrected chi connectivity index (χ0v) is 25.6. The Morgan fingerprint density at radius 3 is 2.76 bits per heavy atom. The third-order valence-corrected chi connectivity index (χ3v) is 10.1. The highest BCUT2D eigenvalue weighted by Crippen LogP contribution is 2.59. The van der Waals surface area contributed by atoms with E-state index in [4.69, 9.17) is 14.5 Å². The largest absolute Gasteiger partial charge is 0.471 e. The zero-order valence-electron chi connectivity index (χ0n) is 24.8. The van der Waals surface area contributed by atoms with Crippen molar-refractivity contribution in [2.45, 2.75) is 89.0 Å². The highest BCUT2D eigenvalue weighted by molar-refractivity contribution is 7.13. The molecule has 3 aliphatic rings. The molecule has 0 saturated heterocycles. The molecule has 2 aliphatic carbocycles. The highest BCUT2D eigenvalue weighted by atomic mass is 32.1. The maximum absolute atomic E-state index is 12.7. The van der Waals surface area contributed by atoms with Crippen molar-refractivity contribution < 1.29 is 19.4 Å². The predicted molar refractivity (Wildman–Crippen MR) is 164 cm³/mol. The number of nitrogens with one attached hydrogen (secondary N) is 2. The minimum atomic E-state index is -0.818. The molecule has 3 heterocycles. The molecule has 224 valence electrons. The number of fused-ring (bicyclic) bond motifs is 1. The first kappa shape index (κ1) is 29.2. The summed E-state index contributed by atoms with van der Waals surface area (Å²) in [6, 6.07) is 9.94. The summed E-state index contributed by atoms with van der Waals surface area (Å²) < 4.78 is 11.8. The van der Waals surface area contributed by atoms with E-state index in [-0.39, 0.29) is 24.2 Å². The van der Waals surface area contributed by atoms with Gasteiger partial charge in [0.05, 0.1) is 12.1 Å². The van der Waals surface area contributed by atoms with Gasteiger partial charge in [0.15, 0.2) is 0 Å². The van der Waals surface area contributed by atoms with Gasteiger partial charge in [0.25, 0.3) is 0 Å². The van der Waals surface area contributed by atoms with Crippen LogP contribution in [0.2, 0.25) is 0 Å². The quantitative estimate of drug-likeness (QED) is 0.267. The summed E-state index contributed by atoms with van der Waals surface area (Å²) in [6.07, 6.45) is 8.68. The van der Waals surface area contributed by atoms with Crippen molar-refractivity contribution in [2.24, 2.45) is 5.41 Å². The minimum Gasteiger partial charge on any atom is -0.471 e. The van der Waals surface area contributed by atoms with Gasteiger partial charge in [-0.05, 0) is 73.6 Å². The van der Waals surface area contributed by atoms with Gasteiger partial charge in [0, 0.05) is 54.5 Å². The Morgan fingerprint density at radius 2 is 2.07 bits per heavy atom. The van der Waals surface area contributed by atoms with Gasteiger partial charge in [-0.3, -0.25) is 4.79 Å². The van der Waals surface area contributed by atoms with Gasteiger partial charge < -0.3 is 25.2 Å². The van der Waals surface area contributed by atoms with Crippen LogP contribution in [0.15, 0.2) is 48.1 Å². The fraction of sp³-hybridized carbons (Fsp3) is 0.545. The summed E-state index contributed by atoms with van der Waals surface area (Å²) in [5.74, 6) is 1.00. The number of aliphatic hydroxyl groups excluding tert-OH is 1. The molecule has 0 radical (unpaired) electrons. The Kier molecular flexibility index (Phi) is 8.37. The molecule has 1 amide bonds. The zero-order chi connectivity index (χ0) is 29.3. The monoisotopic (exact) mass is 590 g/mol. The van der Waals surface area contributed by atoms with Crippen molar-refractivity contribution in [2.75, 3.05) is 19.8 Å². The van der Waals surface area contributed by atoms with Crippen LogP contribution in [0.3, 0.4) is 0 Å². The van der Waals surface area contributed by atoms with Crippen molar-refractivity contribution in [1.82, 2.24) is 20.6 Å². The Morgan fingerprint density at radius 1 is 1.24 bits per heavy atom. The van der Waals surface area contributed by atoms with Crippen molar-refractivity contribution in [1.29, 1.82) is 0 Å². The molecule has 1 aromatic carbocycles. The molecule has 4 atom stereocenters. The number of carbonyl (C=O) groups excluding carboxylic acids is 1. The molecule has 8 nitrogen and oxygen atoms in total. The van der Waals surface area contributed by atoms with E-state index in [9.17, 15) is 9.90 Å². The summed E-state index contributed by atoms with van der Waals surface area (Å²) in [5.41, 5.74) is 4.53. The third kappa shape index (κ3) is 6.39. The molecule has 2 unspecified atom stereocenters. The van der Waals surface area contributed by atoms with E-state index in [2.05, 4.69) is 41.6 Å². The normalized spacial score (nSPS) is 22.9. The van der Waals surface area contributed by atoms with Crippen molar-refractivity contribution in [3.8, 4) is 16.5 Å². The molecular weight excluding hydrogens is 548 g/mol. The number of pyridine rings is 1.